The molecule has 0 aromatic heterocycles. The van der Waals surface area contributed by atoms with Crippen LogP contribution in [0.3, 0.4) is 0 Å². The normalized spacial score (nSPS) is 14.6. The molecule has 1 atom stereocenters. The number of alkyl halides is 3. The van der Waals surface area contributed by atoms with Crippen LogP contribution < -0.4 is 4.74 Å². The molecule has 0 saturated carbocycles. The van der Waals surface area contributed by atoms with Crippen LogP contribution >= 0.6 is 0 Å². The zero-order valence-electron chi connectivity index (χ0n) is 14.0. The van der Waals surface area contributed by atoms with Crippen molar-refractivity contribution >= 4 is 17.1 Å². The molecule has 1 rings (SSSR count). The van der Waals surface area contributed by atoms with Gasteiger partial charge in [-0.15, -0.1) is 0 Å². The van der Waals surface area contributed by atoms with E-state index in [0.29, 0.717) is 6.61 Å². The summed E-state index contributed by atoms with van der Waals surface area (Å²) in [6, 6.07) is 3.07. The molecule has 0 bridgehead atoms. The van der Waals surface area contributed by atoms with Crippen molar-refractivity contribution in [2.75, 3.05) is 6.61 Å². The van der Waals surface area contributed by atoms with Crippen molar-refractivity contribution in [3.63, 3.8) is 0 Å². The molecule has 24 heavy (non-hydrogen) atoms. The van der Waals surface area contributed by atoms with Crippen molar-refractivity contribution < 1.29 is 26.9 Å². The number of ether oxygens (including phenoxy) is 1. The molecule has 1 aromatic carbocycles. The van der Waals surface area contributed by atoms with Crippen molar-refractivity contribution in [3.8, 4) is 5.75 Å². The molecular weight excluding hydrogens is 346 g/mol. The second-order valence-electron chi connectivity index (χ2n) is 6.14. The molecular formula is C16H21F4NO2S. The SMILES string of the molecule is CCCCOc1ccc(/C(=N\[S@@+]([O-])C(C)(C)C)C(F)(F)F)c(F)c1. The highest BCUT2D eigenvalue weighted by atomic mass is 32.2. The van der Waals surface area contributed by atoms with Gasteiger partial charge < -0.3 is 9.29 Å². The predicted octanol–water partition coefficient (Wildman–Crippen LogP) is 4.82. The van der Waals surface area contributed by atoms with Gasteiger partial charge in [0.25, 0.3) is 0 Å². The fraction of sp³-hybridized carbons (Fsp3) is 0.562. The van der Waals surface area contributed by atoms with Crippen LogP contribution in [0.2, 0.25) is 0 Å². The molecule has 3 nitrogen and oxygen atoms in total. The maximum atomic E-state index is 14.1. The molecule has 0 aliphatic rings. The van der Waals surface area contributed by atoms with E-state index < -0.39 is 39.4 Å². The molecule has 136 valence electrons. The van der Waals surface area contributed by atoms with E-state index in [1.165, 1.54) is 26.8 Å². The summed E-state index contributed by atoms with van der Waals surface area (Å²) in [6.07, 6.45) is -3.29. The lowest BCUT2D eigenvalue weighted by molar-refractivity contribution is -0.0580. The monoisotopic (exact) mass is 367 g/mol. The highest BCUT2D eigenvalue weighted by Crippen LogP contribution is 2.29. The van der Waals surface area contributed by atoms with E-state index in [0.717, 1.165) is 25.0 Å². The summed E-state index contributed by atoms with van der Waals surface area (Å²) in [5.41, 5.74) is -2.24. The molecule has 0 spiro atoms. The Kier molecular flexibility index (Phi) is 7.10. The minimum atomic E-state index is -4.92. The number of unbranched alkanes of at least 4 members (excludes halogenated alkanes) is 1. The van der Waals surface area contributed by atoms with Gasteiger partial charge in [0.15, 0.2) is 0 Å². The summed E-state index contributed by atoms with van der Waals surface area (Å²) >= 11 is -2.16. The van der Waals surface area contributed by atoms with Gasteiger partial charge in [-0.1, -0.05) is 17.7 Å². The van der Waals surface area contributed by atoms with Crippen LogP contribution in [0.1, 0.15) is 46.1 Å². The fourth-order valence-corrected chi connectivity index (χ4v) is 2.23. The number of benzene rings is 1. The van der Waals surface area contributed by atoms with E-state index in [-0.39, 0.29) is 5.75 Å². The Hall–Kier alpha value is -1.28. The first kappa shape index (κ1) is 20.8. The van der Waals surface area contributed by atoms with Crippen molar-refractivity contribution in [1.82, 2.24) is 0 Å². The highest BCUT2D eigenvalue weighted by Gasteiger charge is 2.42. The van der Waals surface area contributed by atoms with Gasteiger partial charge in [-0.05, 0) is 39.3 Å². The quantitative estimate of drug-likeness (QED) is 0.313. The lowest BCUT2D eigenvalue weighted by Gasteiger charge is -2.20. The van der Waals surface area contributed by atoms with E-state index in [2.05, 4.69) is 4.40 Å². The summed E-state index contributed by atoms with van der Waals surface area (Å²) in [6.45, 7) is 6.77. The third kappa shape index (κ3) is 5.98. The van der Waals surface area contributed by atoms with E-state index in [9.17, 15) is 22.1 Å². The smallest absolute Gasteiger partial charge is 0.438 e. The maximum Gasteiger partial charge on any atom is 0.438 e. The average Bonchev–Trinajstić information content (AvgIpc) is 2.43. The second kappa shape index (κ2) is 8.20. The van der Waals surface area contributed by atoms with Crippen molar-refractivity contribution in [2.24, 2.45) is 4.40 Å². The predicted molar refractivity (Wildman–Crippen MR) is 87.3 cm³/mol. The molecule has 0 amide bonds. The third-order valence-corrected chi connectivity index (χ3v) is 4.32. The molecule has 0 N–H and O–H groups in total. The van der Waals surface area contributed by atoms with Gasteiger partial charge in [-0.25, -0.2) is 4.39 Å². The maximum absolute atomic E-state index is 14.1. The van der Waals surface area contributed by atoms with Gasteiger partial charge in [0, 0.05) is 11.6 Å². The lowest BCUT2D eigenvalue weighted by atomic mass is 10.1. The molecule has 1 aromatic rings. The standard InChI is InChI=1S/C16H21F4NO2S/c1-5-6-9-23-11-7-8-12(13(17)10-11)14(16(18,19)20)21-24(22)15(2,3)4/h7-8,10H,5-6,9H2,1-4H3/b21-14+/t24-/m0/s1. The Labute approximate surface area is 142 Å². The first-order chi connectivity index (χ1) is 11.0. The number of rotatable bonds is 6. The Morgan fingerprint density at radius 2 is 1.88 bits per heavy atom. The molecule has 0 saturated heterocycles. The Morgan fingerprint density at radius 3 is 2.33 bits per heavy atom. The summed E-state index contributed by atoms with van der Waals surface area (Å²) in [5, 5.41) is 0. The molecule has 0 aliphatic carbocycles. The Balaban J connectivity index is 3.19. The summed E-state index contributed by atoms with van der Waals surface area (Å²) in [4.78, 5) is 0. The van der Waals surface area contributed by atoms with Gasteiger partial charge in [-0.2, -0.15) is 13.2 Å². The summed E-state index contributed by atoms with van der Waals surface area (Å²) < 4.78 is 73.2. The lowest BCUT2D eigenvalue weighted by Crippen LogP contribution is -2.32. The van der Waals surface area contributed by atoms with Crippen LogP contribution in [0.15, 0.2) is 22.6 Å². The first-order valence-electron chi connectivity index (χ1n) is 7.47. The Morgan fingerprint density at radius 1 is 1.25 bits per heavy atom. The first-order valence-corrected chi connectivity index (χ1v) is 8.58. The molecule has 0 fully saturated rings. The van der Waals surface area contributed by atoms with Gasteiger partial charge in [0.05, 0.1) is 6.61 Å². The highest BCUT2D eigenvalue weighted by molar-refractivity contribution is 7.91. The molecule has 0 unspecified atom stereocenters. The van der Waals surface area contributed by atoms with E-state index in [4.69, 9.17) is 4.74 Å². The van der Waals surface area contributed by atoms with Crippen LogP contribution in [0, 0.1) is 5.82 Å². The zero-order valence-corrected chi connectivity index (χ0v) is 14.9. The van der Waals surface area contributed by atoms with E-state index in [1.807, 2.05) is 6.92 Å². The average molecular weight is 367 g/mol. The summed E-state index contributed by atoms with van der Waals surface area (Å²) in [7, 11) is 0. The fourth-order valence-electron chi connectivity index (χ4n) is 1.59. The van der Waals surface area contributed by atoms with Crippen molar-refractivity contribution in [1.29, 1.82) is 0 Å². The molecule has 0 heterocycles. The van der Waals surface area contributed by atoms with Gasteiger partial charge in [0.1, 0.15) is 27.7 Å². The molecule has 0 aliphatic heterocycles. The topological polar surface area (TPSA) is 44.6 Å². The van der Waals surface area contributed by atoms with E-state index in [1.54, 1.807) is 0 Å². The third-order valence-electron chi connectivity index (χ3n) is 2.93. The molecule has 8 heteroatoms. The Bertz CT molecular complexity index is 582. The minimum Gasteiger partial charge on any atom is -0.591 e. The molecule has 0 radical (unpaired) electrons. The van der Waals surface area contributed by atoms with Gasteiger partial charge in [-0.3, -0.25) is 0 Å². The van der Waals surface area contributed by atoms with Crippen LogP contribution in [0.5, 0.6) is 5.75 Å². The second-order valence-corrected chi connectivity index (χ2v) is 8.05. The number of hydrogen-bond donors (Lipinski definition) is 0. The van der Waals surface area contributed by atoms with Crippen LogP contribution in [0.25, 0.3) is 0 Å². The largest absolute Gasteiger partial charge is 0.591 e. The minimum absolute atomic E-state index is 0.142. The summed E-state index contributed by atoms with van der Waals surface area (Å²) in [5.74, 6) is -0.978. The van der Waals surface area contributed by atoms with Gasteiger partial charge in [0.2, 0.25) is 5.71 Å². The number of hydrogen-bond acceptors (Lipinski definition) is 3. The van der Waals surface area contributed by atoms with E-state index >= 15 is 0 Å². The van der Waals surface area contributed by atoms with Gasteiger partial charge >= 0.3 is 6.18 Å². The van der Waals surface area contributed by atoms with Crippen LogP contribution in [0.4, 0.5) is 17.6 Å². The van der Waals surface area contributed by atoms with Crippen LogP contribution in [-0.2, 0) is 11.4 Å². The van der Waals surface area contributed by atoms with Crippen molar-refractivity contribution in [2.45, 2.75) is 51.5 Å². The number of nitrogens with zero attached hydrogens (tertiary/aromatic N) is 1. The zero-order chi connectivity index (χ0) is 18.5. The van der Waals surface area contributed by atoms with Crippen LogP contribution in [-0.4, -0.2) is 27.8 Å². The number of halogens is 4. The van der Waals surface area contributed by atoms with Crippen molar-refractivity contribution in [3.05, 3.63) is 29.6 Å².